The number of nitrogens with one attached hydrogen (secondary N) is 1. The summed E-state index contributed by atoms with van der Waals surface area (Å²) in [6.45, 7) is 0. The van der Waals surface area contributed by atoms with Gasteiger partial charge in [0, 0.05) is 16.7 Å². The highest BCUT2D eigenvalue weighted by atomic mass is 35.7. The van der Waals surface area contributed by atoms with Gasteiger partial charge in [0.15, 0.2) is 0 Å². The molecule has 0 saturated heterocycles. The number of methoxy groups -OCH3 is 1. The second-order valence-electron chi connectivity index (χ2n) is 2.49. The Morgan fingerprint density at radius 1 is 1.50 bits per heavy atom. The van der Waals surface area contributed by atoms with E-state index in [9.17, 15) is 8.42 Å². The molecule has 1 aromatic carbocycles. The minimum absolute atomic E-state index is 0.223. The fourth-order valence-electron chi connectivity index (χ4n) is 0.892. The molecule has 0 aromatic heterocycles. The quantitative estimate of drug-likeness (QED) is 0.610. The summed E-state index contributed by atoms with van der Waals surface area (Å²) in [7, 11) is 2.66. The fourth-order valence-corrected chi connectivity index (χ4v) is 1.59. The number of ether oxygens (including phenoxy) is 1. The average molecular weight is 237 g/mol. The van der Waals surface area contributed by atoms with Crippen molar-refractivity contribution < 1.29 is 13.2 Å². The van der Waals surface area contributed by atoms with E-state index in [1.54, 1.807) is 6.07 Å². The van der Waals surface area contributed by atoms with Gasteiger partial charge in [0.2, 0.25) is 0 Å². The Kier molecular flexibility index (Phi) is 3.07. The number of hydrogen-bond donors (Lipinski definition) is 2. The van der Waals surface area contributed by atoms with Gasteiger partial charge in [-0.2, -0.15) is 8.42 Å². The minimum Gasteiger partial charge on any atom is -0.497 e. The summed E-state index contributed by atoms with van der Waals surface area (Å²) in [5.41, 5.74) is 6.01. The molecule has 7 heteroatoms. The molecule has 14 heavy (non-hydrogen) atoms. The van der Waals surface area contributed by atoms with Crippen molar-refractivity contribution in [2.45, 2.75) is 0 Å². The third kappa shape index (κ3) is 2.97. The van der Waals surface area contributed by atoms with Gasteiger partial charge < -0.3 is 10.5 Å². The van der Waals surface area contributed by atoms with Crippen molar-refractivity contribution in [1.29, 1.82) is 0 Å². The van der Waals surface area contributed by atoms with Crippen molar-refractivity contribution >= 4 is 31.3 Å². The van der Waals surface area contributed by atoms with Crippen molar-refractivity contribution in [1.82, 2.24) is 0 Å². The van der Waals surface area contributed by atoms with E-state index >= 15 is 0 Å². The van der Waals surface area contributed by atoms with Crippen LogP contribution >= 0.6 is 10.7 Å². The molecule has 1 aromatic rings. The maximum absolute atomic E-state index is 10.7. The lowest BCUT2D eigenvalue weighted by Crippen LogP contribution is -2.06. The monoisotopic (exact) mass is 236 g/mol. The van der Waals surface area contributed by atoms with E-state index < -0.39 is 9.24 Å². The van der Waals surface area contributed by atoms with E-state index in [1.807, 2.05) is 0 Å². The highest BCUT2D eigenvalue weighted by molar-refractivity contribution is 8.14. The summed E-state index contributed by atoms with van der Waals surface area (Å²) < 4.78 is 28.3. The Hall–Kier alpha value is -1.14. The van der Waals surface area contributed by atoms with E-state index in [-0.39, 0.29) is 11.4 Å². The summed E-state index contributed by atoms with van der Waals surface area (Å²) in [5.74, 6) is 0.542. The molecule has 0 unspecified atom stereocenters. The zero-order valence-electron chi connectivity index (χ0n) is 7.32. The molecule has 0 aliphatic rings. The lowest BCUT2D eigenvalue weighted by atomic mass is 10.2. The van der Waals surface area contributed by atoms with Crippen LogP contribution in [0.15, 0.2) is 18.2 Å². The summed E-state index contributed by atoms with van der Waals surface area (Å²) >= 11 is 0. The number of halogens is 1. The maximum Gasteiger partial charge on any atom is 0.319 e. The van der Waals surface area contributed by atoms with Gasteiger partial charge in [0.1, 0.15) is 5.75 Å². The van der Waals surface area contributed by atoms with Crippen LogP contribution in [-0.4, -0.2) is 15.5 Å². The predicted octanol–water partition coefficient (Wildman–Crippen LogP) is 1.17. The smallest absolute Gasteiger partial charge is 0.319 e. The van der Waals surface area contributed by atoms with Crippen molar-refractivity contribution in [3.8, 4) is 5.75 Å². The number of anilines is 2. The highest BCUT2D eigenvalue weighted by Crippen LogP contribution is 2.25. The van der Waals surface area contributed by atoms with Gasteiger partial charge >= 0.3 is 9.24 Å². The molecule has 3 N–H and O–H groups in total. The summed E-state index contributed by atoms with van der Waals surface area (Å²) in [6.07, 6.45) is 0. The van der Waals surface area contributed by atoms with E-state index in [0.29, 0.717) is 5.75 Å². The Morgan fingerprint density at radius 2 is 2.14 bits per heavy atom. The van der Waals surface area contributed by atoms with E-state index in [4.69, 9.17) is 21.2 Å². The second kappa shape index (κ2) is 3.93. The maximum atomic E-state index is 10.7. The van der Waals surface area contributed by atoms with Crippen LogP contribution in [0.25, 0.3) is 0 Å². The summed E-state index contributed by atoms with van der Waals surface area (Å²) in [6, 6.07) is 4.53. The largest absolute Gasteiger partial charge is 0.497 e. The molecule has 0 radical (unpaired) electrons. The Labute approximate surface area is 86.4 Å². The fraction of sp³-hybridized carbons (Fsp3) is 0.143. The van der Waals surface area contributed by atoms with Crippen LogP contribution < -0.4 is 15.2 Å². The molecular weight excluding hydrogens is 228 g/mol. The van der Waals surface area contributed by atoms with E-state index in [1.165, 1.54) is 19.2 Å². The lowest BCUT2D eigenvalue weighted by molar-refractivity contribution is 0.415. The number of nitrogen functional groups attached to an aromatic ring is 1. The third-order valence-corrected chi connectivity index (χ3v) is 2.19. The van der Waals surface area contributed by atoms with Crippen molar-refractivity contribution in [3.05, 3.63) is 18.2 Å². The van der Waals surface area contributed by atoms with Crippen LogP contribution in [-0.2, 0) is 9.24 Å². The first-order valence-corrected chi connectivity index (χ1v) is 5.89. The molecule has 0 spiro atoms. The van der Waals surface area contributed by atoms with Gasteiger partial charge in [-0.1, -0.05) is 0 Å². The Morgan fingerprint density at radius 3 is 2.57 bits per heavy atom. The van der Waals surface area contributed by atoms with E-state index in [0.717, 1.165) is 0 Å². The molecule has 78 valence electrons. The predicted molar refractivity (Wildman–Crippen MR) is 55.8 cm³/mol. The molecule has 0 fully saturated rings. The van der Waals surface area contributed by atoms with Crippen LogP contribution in [0.5, 0.6) is 5.75 Å². The van der Waals surface area contributed by atoms with Crippen molar-refractivity contribution in [2.24, 2.45) is 0 Å². The van der Waals surface area contributed by atoms with Crippen LogP contribution in [0, 0.1) is 0 Å². The van der Waals surface area contributed by atoms with Gasteiger partial charge in [0.25, 0.3) is 0 Å². The first kappa shape index (κ1) is 10.9. The number of benzene rings is 1. The highest BCUT2D eigenvalue weighted by Gasteiger charge is 2.07. The molecule has 0 aliphatic heterocycles. The summed E-state index contributed by atoms with van der Waals surface area (Å²) in [4.78, 5) is 0. The van der Waals surface area contributed by atoms with Gasteiger partial charge in [0.05, 0.1) is 18.5 Å². The Balaban J connectivity index is 3.01. The number of rotatable bonds is 3. The molecule has 0 amide bonds. The van der Waals surface area contributed by atoms with Gasteiger partial charge in [-0.05, 0) is 12.1 Å². The standard InChI is InChI=1S/C7H9ClN2O3S/c1-13-5-2-3-7(6(9)4-5)10-14(8,11)12/h2-4,10H,9H2,1H3. The lowest BCUT2D eigenvalue weighted by Gasteiger charge is -2.07. The van der Waals surface area contributed by atoms with Gasteiger partial charge in [-0.25, -0.2) is 0 Å². The molecule has 5 nitrogen and oxygen atoms in total. The Bertz CT molecular complexity index is 433. The number of hydrogen-bond acceptors (Lipinski definition) is 4. The summed E-state index contributed by atoms with van der Waals surface area (Å²) in [5, 5.41) is 0. The van der Waals surface area contributed by atoms with Gasteiger partial charge in [-0.15, -0.1) is 0 Å². The second-order valence-corrected chi connectivity index (χ2v) is 4.79. The molecule has 0 aliphatic carbocycles. The van der Waals surface area contributed by atoms with Crippen LogP contribution in [0.1, 0.15) is 0 Å². The van der Waals surface area contributed by atoms with Crippen LogP contribution in [0.2, 0.25) is 0 Å². The zero-order valence-corrected chi connectivity index (χ0v) is 8.89. The number of nitrogens with two attached hydrogens (primary N) is 1. The topological polar surface area (TPSA) is 81.4 Å². The van der Waals surface area contributed by atoms with Crippen LogP contribution in [0.4, 0.5) is 11.4 Å². The first-order valence-electron chi connectivity index (χ1n) is 3.58. The molecule has 1 rings (SSSR count). The molecule has 0 atom stereocenters. The van der Waals surface area contributed by atoms with Crippen molar-refractivity contribution in [2.75, 3.05) is 17.6 Å². The van der Waals surface area contributed by atoms with Crippen molar-refractivity contribution in [3.63, 3.8) is 0 Å². The SMILES string of the molecule is COc1ccc(NS(=O)(=O)Cl)c(N)c1. The normalized spacial score (nSPS) is 11.0. The molecule has 0 saturated carbocycles. The zero-order chi connectivity index (χ0) is 10.8. The molecular formula is C7H9ClN2O3S. The molecule has 0 bridgehead atoms. The molecule has 0 heterocycles. The van der Waals surface area contributed by atoms with Gasteiger partial charge in [-0.3, -0.25) is 4.72 Å². The minimum atomic E-state index is -3.82. The first-order chi connectivity index (χ1) is 6.42. The average Bonchev–Trinajstić information content (AvgIpc) is 2.06. The van der Waals surface area contributed by atoms with Crippen LogP contribution in [0.3, 0.4) is 0 Å². The third-order valence-electron chi connectivity index (χ3n) is 1.49. The van der Waals surface area contributed by atoms with E-state index in [2.05, 4.69) is 4.72 Å².